The van der Waals surface area contributed by atoms with Crippen LogP contribution in [0.1, 0.15) is 40.5 Å². The second-order valence-corrected chi connectivity index (χ2v) is 6.78. The fourth-order valence-corrected chi connectivity index (χ4v) is 2.95. The van der Waals surface area contributed by atoms with Gasteiger partial charge in [-0.15, -0.1) is 0 Å². The van der Waals surface area contributed by atoms with Gasteiger partial charge < -0.3 is 15.7 Å². The minimum Gasteiger partial charge on any atom is -0.389 e. The zero-order valence-corrected chi connectivity index (χ0v) is 13.3. The Balaban J connectivity index is 2.41. The monoisotopic (exact) mass is 271 g/mol. The van der Waals surface area contributed by atoms with Gasteiger partial charge in [-0.05, 0) is 38.6 Å². The van der Waals surface area contributed by atoms with Gasteiger partial charge in [0.15, 0.2) is 0 Å². The van der Waals surface area contributed by atoms with Crippen molar-refractivity contribution in [3.63, 3.8) is 0 Å². The first-order valence-corrected chi connectivity index (χ1v) is 7.71. The molecule has 4 nitrogen and oxygen atoms in total. The Kier molecular flexibility index (Phi) is 6.24. The van der Waals surface area contributed by atoms with Crippen molar-refractivity contribution in [3.8, 4) is 0 Å². The van der Waals surface area contributed by atoms with Gasteiger partial charge in [-0.3, -0.25) is 4.90 Å². The summed E-state index contributed by atoms with van der Waals surface area (Å²) in [5, 5.41) is 9.86. The molecular formula is C15H33N3O. The molecule has 0 spiro atoms. The Morgan fingerprint density at radius 1 is 0.947 bits per heavy atom. The van der Waals surface area contributed by atoms with E-state index in [1.807, 2.05) is 13.8 Å². The van der Waals surface area contributed by atoms with Gasteiger partial charge in [0.1, 0.15) is 0 Å². The van der Waals surface area contributed by atoms with Gasteiger partial charge in [-0.25, -0.2) is 0 Å². The van der Waals surface area contributed by atoms with Crippen molar-refractivity contribution in [3.05, 3.63) is 0 Å². The third kappa shape index (κ3) is 5.38. The van der Waals surface area contributed by atoms with Crippen LogP contribution in [-0.2, 0) is 0 Å². The van der Waals surface area contributed by atoms with E-state index in [0.29, 0.717) is 5.41 Å². The SMILES string of the molecule is CCC(CC)(CN)CN1CCN(CC(C)(C)O)CC1. The number of nitrogens with zero attached hydrogens (tertiary/aromatic N) is 2. The van der Waals surface area contributed by atoms with Crippen molar-refractivity contribution in [1.82, 2.24) is 9.80 Å². The molecule has 1 fully saturated rings. The molecule has 0 aromatic carbocycles. The maximum absolute atomic E-state index is 9.86. The topological polar surface area (TPSA) is 52.7 Å². The highest BCUT2D eigenvalue weighted by Crippen LogP contribution is 2.26. The number of rotatable bonds is 7. The molecule has 0 amide bonds. The number of hydrogen-bond acceptors (Lipinski definition) is 4. The van der Waals surface area contributed by atoms with Crippen molar-refractivity contribution in [2.45, 2.75) is 46.1 Å². The molecule has 19 heavy (non-hydrogen) atoms. The van der Waals surface area contributed by atoms with E-state index in [0.717, 1.165) is 58.7 Å². The Hall–Kier alpha value is -0.160. The third-order valence-corrected chi connectivity index (χ3v) is 4.57. The van der Waals surface area contributed by atoms with E-state index in [-0.39, 0.29) is 0 Å². The quantitative estimate of drug-likeness (QED) is 0.729. The molecule has 3 N–H and O–H groups in total. The maximum atomic E-state index is 9.86. The summed E-state index contributed by atoms with van der Waals surface area (Å²) < 4.78 is 0. The normalized spacial score (nSPS) is 19.9. The van der Waals surface area contributed by atoms with Crippen molar-refractivity contribution < 1.29 is 5.11 Å². The Morgan fingerprint density at radius 2 is 1.37 bits per heavy atom. The molecular weight excluding hydrogens is 238 g/mol. The van der Waals surface area contributed by atoms with E-state index in [1.54, 1.807) is 0 Å². The fraction of sp³-hybridized carbons (Fsp3) is 1.00. The molecule has 0 radical (unpaired) electrons. The Morgan fingerprint density at radius 3 is 1.68 bits per heavy atom. The number of aliphatic hydroxyl groups is 1. The molecule has 0 bridgehead atoms. The van der Waals surface area contributed by atoms with Crippen LogP contribution in [0.5, 0.6) is 0 Å². The lowest BCUT2D eigenvalue weighted by Crippen LogP contribution is -2.53. The minimum atomic E-state index is -0.587. The largest absolute Gasteiger partial charge is 0.389 e. The highest BCUT2D eigenvalue weighted by Gasteiger charge is 2.29. The van der Waals surface area contributed by atoms with Crippen LogP contribution in [0, 0.1) is 5.41 Å². The predicted octanol–water partition coefficient (Wildman–Crippen LogP) is 1.14. The lowest BCUT2D eigenvalue weighted by molar-refractivity contribution is 0.0104. The number of hydrogen-bond donors (Lipinski definition) is 2. The number of β-amino-alcohol motifs (C(OH)–C–C–N with tert-alkyl or cyclic N) is 1. The molecule has 1 rings (SSSR count). The zero-order valence-electron chi connectivity index (χ0n) is 13.3. The molecule has 4 heteroatoms. The van der Waals surface area contributed by atoms with Gasteiger partial charge in [0.2, 0.25) is 0 Å². The predicted molar refractivity (Wildman–Crippen MR) is 81.2 cm³/mol. The van der Waals surface area contributed by atoms with Crippen LogP contribution in [0.2, 0.25) is 0 Å². The summed E-state index contributed by atoms with van der Waals surface area (Å²) in [5.41, 5.74) is 5.69. The summed E-state index contributed by atoms with van der Waals surface area (Å²) in [6.45, 7) is 15.2. The van der Waals surface area contributed by atoms with E-state index in [1.165, 1.54) is 0 Å². The average Bonchev–Trinajstić information content (AvgIpc) is 2.37. The van der Waals surface area contributed by atoms with Crippen LogP contribution >= 0.6 is 0 Å². The Bertz CT molecular complexity index is 242. The molecule has 1 aliphatic rings. The standard InChI is InChI=1S/C15H33N3O/c1-5-15(6-2,11-16)13-18-9-7-17(8-10-18)12-14(3,4)19/h19H,5-13,16H2,1-4H3. The second-order valence-electron chi connectivity index (χ2n) is 6.78. The Labute approximate surface area is 118 Å². The first-order chi connectivity index (χ1) is 8.84. The number of piperazine rings is 1. The lowest BCUT2D eigenvalue weighted by atomic mass is 9.81. The van der Waals surface area contributed by atoms with Gasteiger partial charge >= 0.3 is 0 Å². The fourth-order valence-electron chi connectivity index (χ4n) is 2.95. The van der Waals surface area contributed by atoms with Crippen molar-refractivity contribution in [2.24, 2.45) is 11.1 Å². The first-order valence-electron chi connectivity index (χ1n) is 7.71. The van der Waals surface area contributed by atoms with E-state index in [4.69, 9.17) is 5.73 Å². The molecule has 0 unspecified atom stereocenters. The van der Waals surface area contributed by atoms with Gasteiger partial charge in [0.05, 0.1) is 5.60 Å². The maximum Gasteiger partial charge on any atom is 0.0718 e. The molecule has 114 valence electrons. The second kappa shape index (κ2) is 7.02. The summed E-state index contributed by atoms with van der Waals surface area (Å²) in [6, 6.07) is 0. The van der Waals surface area contributed by atoms with Gasteiger partial charge in [-0.2, -0.15) is 0 Å². The highest BCUT2D eigenvalue weighted by atomic mass is 16.3. The molecule has 0 aromatic rings. The zero-order chi connectivity index (χ0) is 14.5. The van der Waals surface area contributed by atoms with E-state index < -0.39 is 5.60 Å². The molecule has 0 saturated carbocycles. The highest BCUT2D eigenvalue weighted by molar-refractivity contribution is 4.85. The summed E-state index contributed by atoms with van der Waals surface area (Å²) >= 11 is 0. The average molecular weight is 271 g/mol. The van der Waals surface area contributed by atoms with Gasteiger partial charge in [0.25, 0.3) is 0 Å². The van der Waals surface area contributed by atoms with Gasteiger partial charge in [0, 0.05) is 39.3 Å². The molecule has 0 aromatic heterocycles. The van der Waals surface area contributed by atoms with Crippen molar-refractivity contribution in [2.75, 3.05) is 45.8 Å². The van der Waals surface area contributed by atoms with Crippen LogP contribution in [0.3, 0.4) is 0 Å². The molecule has 1 saturated heterocycles. The lowest BCUT2D eigenvalue weighted by Gasteiger charge is -2.42. The van der Waals surface area contributed by atoms with Crippen LogP contribution in [-0.4, -0.2) is 66.3 Å². The van der Waals surface area contributed by atoms with Gasteiger partial charge in [-0.1, -0.05) is 13.8 Å². The smallest absolute Gasteiger partial charge is 0.0718 e. The van der Waals surface area contributed by atoms with E-state index >= 15 is 0 Å². The summed E-state index contributed by atoms with van der Waals surface area (Å²) in [7, 11) is 0. The summed E-state index contributed by atoms with van der Waals surface area (Å²) in [5.74, 6) is 0. The van der Waals surface area contributed by atoms with Crippen LogP contribution in [0.4, 0.5) is 0 Å². The van der Waals surface area contributed by atoms with Crippen molar-refractivity contribution in [1.29, 1.82) is 0 Å². The minimum absolute atomic E-state index is 0.290. The molecule has 1 heterocycles. The van der Waals surface area contributed by atoms with E-state index in [9.17, 15) is 5.11 Å². The molecule has 0 aliphatic carbocycles. The van der Waals surface area contributed by atoms with E-state index in [2.05, 4.69) is 23.6 Å². The third-order valence-electron chi connectivity index (χ3n) is 4.57. The molecule has 1 aliphatic heterocycles. The van der Waals surface area contributed by atoms with Crippen LogP contribution in [0.25, 0.3) is 0 Å². The van der Waals surface area contributed by atoms with Crippen LogP contribution < -0.4 is 5.73 Å². The van der Waals surface area contributed by atoms with Crippen molar-refractivity contribution >= 4 is 0 Å². The molecule has 0 atom stereocenters. The van der Waals surface area contributed by atoms with Crippen LogP contribution in [0.15, 0.2) is 0 Å². The summed E-state index contributed by atoms with van der Waals surface area (Å²) in [4.78, 5) is 4.90. The first kappa shape index (κ1) is 16.9. The number of nitrogens with two attached hydrogens (primary N) is 1. The summed E-state index contributed by atoms with van der Waals surface area (Å²) in [6.07, 6.45) is 2.31.